The minimum Gasteiger partial charge on any atom is -0.489 e. The minimum atomic E-state index is -4.81. The van der Waals surface area contributed by atoms with Crippen LogP contribution < -0.4 is 9.47 Å². The van der Waals surface area contributed by atoms with Crippen LogP contribution in [-0.4, -0.2) is 53.7 Å². The van der Waals surface area contributed by atoms with Gasteiger partial charge in [0.1, 0.15) is 48.1 Å². The van der Waals surface area contributed by atoms with E-state index in [1.54, 1.807) is 12.1 Å². The Labute approximate surface area is 354 Å². The highest BCUT2D eigenvalue weighted by atomic mass is 19.4. The molecular weight excluding hydrogens is 786 g/mol. The molecule has 1 heterocycles. The fraction of sp³-hybridized carbons (Fsp3) is 0.280. The summed E-state index contributed by atoms with van der Waals surface area (Å²) < 4.78 is 76.2. The molecule has 1 saturated heterocycles. The molecule has 1 fully saturated rings. The van der Waals surface area contributed by atoms with Crippen molar-refractivity contribution >= 4 is 0 Å². The number of hydrogen-bond acceptors (Lipinski definition) is 8. The van der Waals surface area contributed by atoms with Gasteiger partial charge >= 0.3 is 6.36 Å². The first kappa shape index (κ1) is 43.6. The Bertz CT molecular complexity index is 2240. The molecule has 0 spiro atoms. The third-order valence-electron chi connectivity index (χ3n) is 10.7. The first-order chi connectivity index (χ1) is 29.6. The number of alkyl halides is 3. The van der Waals surface area contributed by atoms with Crippen LogP contribution in [0.2, 0.25) is 0 Å². The first-order valence-corrected chi connectivity index (χ1v) is 20.1. The van der Waals surface area contributed by atoms with Gasteiger partial charge in [-0.25, -0.2) is 0 Å². The average Bonchev–Trinajstić information content (AvgIpc) is 3.27. The zero-order valence-corrected chi connectivity index (χ0v) is 33.7. The summed E-state index contributed by atoms with van der Waals surface area (Å²) in [6.07, 6.45) is -8.69. The topological polar surface area (TPSA) is 95.8 Å². The highest BCUT2D eigenvalue weighted by molar-refractivity contribution is 5.47. The molecule has 0 aromatic heterocycles. The quantitative estimate of drug-likeness (QED) is 0.0885. The van der Waals surface area contributed by atoms with Crippen LogP contribution >= 0.6 is 0 Å². The maximum absolute atomic E-state index is 13.0. The van der Waals surface area contributed by atoms with Crippen LogP contribution in [0.1, 0.15) is 50.6 Å². The Morgan fingerprint density at radius 2 is 1.16 bits per heavy atom. The van der Waals surface area contributed by atoms with E-state index in [1.165, 1.54) is 12.1 Å². The number of aryl methyl sites for hydroxylation is 1. The monoisotopic (exact) mass is 834 g/mol. The Morgan fingerprint density at radius 3 is 1.70 bits per heavy atom. The number of aliphatic hydroxyl groups excluding tert-OH is 1. The summed E-state index contributed by atoms with van der Waals surface area (Å²) >= 11 is 0. The van der Waals surface area contributed by atoms with Crippen molar-refractivity contribution in [2.45, 2.75) is 76.2 Å². The molecule has 11 heteroatoms. The van der Waals surface area contributed by atoms with Gasteiger partial charge in [-0.3, -0.25) is 0 Å². The second kappa shape index (κ2) is 20.4. The summed E-state index contributed by atoms with van der Waals surface area (Å²) in [6.45, 7) is 1.78. The zero-order chi connectivity index (χ0) is 42.7. The summed E-state index contributed by atoms with van der Waals surface area (Å²) in [6, 6.07) is 48.1. The van der Waals surface area contributed by atoms with Crippen LogP contribution in [0.25, 0.3) is 0 Å². The van der Waals surface area contributed by atoms with E-state index >= 15 is 0 Å². The van der Waals surface area contributed by atoms with Gasteiger partial charge in [0, 0.05) is 5.56 Å². The molecule has 0 saturated carbocycles. The summed E-state index contributed by atoms with van der Waals surface area (Å²) in [5.74, 6) is 0.184. The van der Waals surface area contributed by atoms with Gasteiger partial charge in [-0.1, -0.05) is 133 Å². The zero-order valence-electron chi connectivity index (χ0n) is 33.7. The van der Waals surface area contributed by atoms with Gasteiger partial charge in [-0.2, -0.15) is 0 Å². The Hall–Kier alpha value is -5.53. The molecule has 0 amide bonds. The van der Waals surface area contributed by atoms with Crippen molar-refractivity contribution in [3.8, 4) is 11.5 Å². The Kier molecular flexibility index (Phi) is 14.5. The number of benzene rings is 6. The molecule has 0 aliphatic carbocycles. The third kappa shape index (κ3) is 11.6. The van der Waals surface area contributed by atoms with Gasteiger partial charge in [0.2, 0.25) is 0 Å². The smallest absolute Gasteiger partial charge is 0.489 e. The highest BCUT2D eigenvalue weighted by Gasteiger charge is 2.57. The van der Waals surface area contributed by atoms with E-state index in [9.17, 15) is 23.4 Å². The molecule has 2 N–H and O–H groups in total. The van der Waals surface area contributed by atoms with Gasteiger partial charge in [-0.05, 0) is 76.6 Å². The van der Waals surface area contributed by atoms with Crippen molar-refractivity contribution in [3.05, 3.63) is 202 Å². The highest BCUT2D eigenvalue weighted by Crippen LogP contribution is 2.45. The van der Waals surface area contributed by atoms with Gasteiger partial charge in [0.25, 0.3) is 0 Å². The van der Waals surface area contributed by atoms with Crippen molar-refractivity contribution in [1.29, 1.82) is 0 Å². The number of hydrogen-bond donors (Lipinski definition) is 2. The van der Waals surface area contributed by atoms with Crippen molar-refractivity contribution in [3.63, 3.8) is 0 Å². The fourth-order valence-corrected chi connectivity index (χ4v) is 7.47. The molecule has 5 atom stereocenters. The molecule has 8 nitrogen and oxygen atoms in total. The van der Waals surface area contributed by atoms with Crippen LogP contribution in [-0.2, 0) is 51.8 Å². The number of rotatable bonds is 18. The molecule has 7 rings (SSSR count). The molecule has 1 aliphatic heterocycles. The number of aliphatic hydroxyl groups is 2. The van der Waals surface area contributed by atoms with Gasteiger partial charge in [0.15, 0.2) is 0 Å². The average molecular weight is 835 g/mol. The van der Waals surface area contributed by atoms with Crippen molar-refractivity contribution in [1.82, 2.24) is 0 Å². The van der Waals surface area contributed by atoms with E-state index in [1.807, 2.05) is 140 Å². The van der Waals surface area contributed by atoms with Crippen molar-refractivity contribution in [2.24, 2.45) is 0 Å². The SMILES string of the molecule is Cc1cc(OCc2ccccc2)c([C@@H]2O[C@H](COCc3ccccc3)C(O)(CO)[C@H](OCc3ccccc3)[C@H]2OCc2ccccc2)cc1Cc1ccc(OC(F)(F)F)cc1. The van der Waals surface area contributed by atoms with Crippen LogP contribution in [0.4, 0.5) is 13.2 Å². The summed E-state index contributed by atoms with van der Waals surface area (Å²) in [5.41, 5.74) is 4.62. The van der Waals surface area contributed by atoms with E-state index in [0.717, 1.165) is 38.9 Å². The Morgan fingerprint density at radius 1 is 0.639 bits per heavy atom. The van der Waals surface area contributed by atoms with Crippen LogP contribution in [0, 0.1) is 6.92 Å². The van der Waals surface area contributed by atoms with Crippen LogP contribution in [0.3, 0.4) is 0 Å². The lowest BCUT2D eigenvalue weighted by Gasteiger charge is -2.51. The molecule has 6 aromatic rings. The predicted octanol–water partition coefficient (Wildman–Crippen LogP) is 9.61. The second-order valence-corrected chi connectivity index (χ2v) is 15.1. The van der Waals surface area contributed by atoms with Crippen molar-refractivity contribution < 1.29 is 51.8 Å². The van der Waals surface area contributed by atoms with Gasteiger partial charge < -0.3 is 38.6 Å². The maximum atomic E-state index is 13.0. The molecular formula is C50H49F3O8. The molecule has 1 unspecified atom stereocenters. The van der Waals surface area contributed by atoms with Crippen LogP contribution in [0.15, 0.2) is 158 Å². The van der Waals surface area contributed by atoms with Gasteiger partial charge in [0.05, 0.1) is 33.0 Å². The molecule has 318 valence electrons. The predicted molar refractivity (Wildman–Crippen MR) is 224 cm³/mol. The van der Waals surface area contributed by atoms with E-state index < -0.39 is 43.0 Å². The Balaban J connectivity index is 1.31. The number of halogens is 3. The lowest BCUT2D eigenvalue weighted by Crippen LogP contribution is -2.67. The lowest BCUT2D eigenvalue weighted by atomic mass is 9.80. The summed E-state index contributed by atoms with van der Waals surface area (Å²) in [7, 11) is 0. The molecule has 0 radical (unpaired) electrons. The minimum absolute atomic E-state index is 0.0912. The third-order valence-corrected chi connectivity index (χ3v) is 10.7. The van der Waals surface area contributed by atoms with Crippen LogP contribution in [0.5, 0.6) is 11.5 Å². The lowest BCUT2D eigenvalue weighted by molar-refractivity contribution is -0.310. The summed E-state index contributed by atoms with van der Waals surface area (Å²) in [4.78, 5) is 0. The van der Waals surface area contributed by atoms with E-state index in [0.29, 0.717) is 17.7 Å². The fourth-order valence-electron chi connectivity index (χ4n) is 7.47. The van der Waals surface area contributed by atoms with Gasteiger partial charge in [-0.15, -0.1) is 13.2 Å². The second-order valence-electron chi connectivity index (χ2n) is 15.1. The molecule has 0 bridgehead atoms. The molecule has 1 aliphatic rings. The molecule has 6 aromatic carbocycles. The van der Waals surface area contributed by atoms with E-state index in [-0.39, 0.29) is 38.8 Å². The van der Waals surface area contributed by atoms with E-state index in [2.05, 4.69) is 4.74 Å². The first-order valence-electron chi connectivity index (χ1n) is 20.1. The largest absolute Gasteiger partial charge is 0.573 e. The number of ether oxygens (including phenoxy) is 6. The van der Waals surface area contributed by atoms with E-state index in [4.69, 9.17) is 23.7 Å². The normalized spacial score (nSPS) is 20.3. The standard InChI is InChI=1S/C50H49F3O8/c1-35-26-44(57-30-38-16-8-3-9-17-38)43(28-41(35)27-36-22-24-42(25-23-36)61-50(51,52)53)46-47(58-31-39-18-10-4-11-19-39)48(59-32-40-20-12-5-13-21-40)49(55,34-54)45(60-46)33-56-29-37-14-6-2-7-15-37/h2-26,28,45-48,54-55H,27,29-34H2,1H3/t45-,46+,47+,48-,49?/m1/s1. The molecule has 61 heavy (non-hydrogen) atoms. The maximum Gasteiger partial charge on any atom is 0.573 e. The summed E-state index contributed by atoms with van der Waals surface area (Å²) in [5, 5.41) is 23.8. The van der Waals surface area contributed by atoms with Crippen molar-refractivity contribution in [2.75, 3.05) is 13.2 Å².